The first kappa shape index (κ1) is 20.0. The van der Waals surface area contributed by atoms with Gasteiger partial charge in [-0.1, -0.05) is 0 Å². The average molecular weight is 404 g/mol. The van der Waals surface area contributed by atoms with E-state index in [2.05, 4.69) is 16.0 Å². The average Bonchev–Trinajstić information content (AvgIpc) is 3.11. The maximum Gasteiger partial charge on any atom is 0.317 e. The zero-order valence-electron chi connectivity index (χ0n) is 15.8. The summed E-state index contributed by atoms with van der Waals surface area (Å²) in [4.78, 5) is 25.0. The summed E-state index contributed by atoms with van der Waals surface area (Å²) < 4.78 is 10.6. The van der Waals surface area contributed by atoms with E-state index in [1.807, 2.05) is 12.1 Å². The number of piperidine rings is 1. The molecule has 1 fully saturated rings. The van der Waals surface area contributed by atoms with Crippen molar-refractivity contribution in [2.45, 2.75) is 18.9 Å². The highest BCUT2D eigenvalue weighted by molar-refractivity contribution is 7.20. The second-order valence-corrected chi connectivity index (χ2v) is 7.48. The Morgan fingerprint density at radius 1 is 1.21 bits per heavy atom. The van der Waals surface area contributed by atoms with E-state index in [4.69, 9.17) is 15.2 Å². The molecule has 1 aliphatic heterocycles. The monoisotopic (exact) mass is 404 g/mol. The Kier molecular flexibility index (Phi) is 6.37. The minimum absolute atomic E-state index is 0.0621. The van der Waals surface area contributed by atoms with Gasteiger partial charge < -0.3 is 25.8 Å². The highest BCUT2D eigenvalue weighted by Crippen LogP contribution is 2.39. The van der Waals surface area contributed by atoms with Gasteiger partial charge in [-0.05, 0) is 49.2 Å². The summed E-state index contributed by atoms with van der Waals surface area (Å²) in [5.41, 5.74) is 6.52. The number of nitrogens with two attached hydrogens (primary N) is 1. The van der Waals surface area contributed by atoms with Crippen molar-refractivity contribution in [3.8, 4) is 21.9 Å². The Labute approximate surface area is 167 Å². The van der Waals surface area contributed by atoms with Gasteiger partial charge in [-0.15, -0.1) is 11.3 Å². The summed E-state index contributed by atoms with van der Waals surface area (Å²) in [5, 5.41) is 9.26. The van der Waals surface area contributed by atoms with Crippen molar-refractivity contribution < 1.29 is 19.1 Å². The molecule has 9 heteroatoms. The zero-order valence-corrected chi connectivity index (χ0v) is 16.7. The number of thiophene rings is 1. The molecule has 1 aromatic heterocycles. The van der Waals surface area contributed by atoms with Crippen LogP contribution in [0.15, 0.2) is 24.3 Å². The zero-order chi connectivity index (χ0) is 20.1. The number of benzene rings is 1. The summed E-state index contributed by atoms with van der Waals surface area (Å²) in [6.07, 6.45) is 1.93. The van der Waals surface area contributed by atoms with Crippen molar-refractivity contribution in [2.24, 2.45) is 5.73 Å². The van der Waals surface area contributed by atoms with E-state index in [1.165, 1.54) is 11.3 Å². The summed E-state index contributed by atoms with van der Waals surface area (Å²) in [7, 11) is 3.13. The molecule has 1 saturated heterocycles. The molecule has 3 amide bonds. The second-order valence-electron chi connectivity index (χ2n) is 6.43. The lowest BCUT2D eigenvalue weighted by Gasteiger charge is -2.23. The first-order chi connectivity index (χ1) is 13.5. The number of urea groups is 1. The van der Waals surface area contributed by atoms with Crippen LogP contribution in [0.2, 0.25) is 0 Å². The van der Waals surface area contributed by atoms with Crippen LogP contribution >= 0.6 is 11.3 Å². The summed E-state index contributed by atoms with van der Waals surface area (Å²) in [6.45, 7) is 1.69. The van der Waals surface area contributed by atoms with Crippen LogP contribution in [-0.4, -0.2) is 45.3 Å². The van der Waals surface area contributed by atoms with Crippen molar-refractivity contribution in [1.29, 1.82) is 0 Å². The number of carbonyl (C=O) groups excluding carboxylic acids is 2. The molecule has 0 aliphatic carbocycles. The third kappa shape index (κ3) is 4.55. The minimum atomic E-state index is -0.714. The molecule has 1 aromatic carbocycles. The molecule has 2 aromatic rings. The standard InChI is InChI=1S/C19H24N4O4S/c1-26-14-6-5-11(8-15(14)27-2)16-9-13(18(28-16)23-19(20)25)17(24)22-12-4-3-7-21-10-12/h5-6,8-9,12,21H,3-4,7,10H2,1-2H3,(H,22,24)(H3,20,23,25)/t12-/m0/s1. The number of primary amides is 1. The molecule has 8 nitrogen and oxygen atoms in total. The minimum Gasteiger partial charge on any atom is -0.493 e. The quantitative estimate of drug-likeness (QED) is 0.590. The van der Waals surface area contributed by atoms with E-state index in [0.29, 0.717) is 22.1 Å². The largest absolute Gasteiger partial charge is 0.493 e. The van der Waals surface area contributed by atoms with E-state index >= 15 is 0 Å². The highest BCUT2D eigenvalue weighted by Gasteiger charge is 2.22. The van der Waals surface area contributed by atoms with Gasteiger partial charge in [0.1, 0.15) is 5.00 Å². The molecule has 28 heavy (non-hydrogen) atoms. The van der Waals surface area contributed by atoms with E-state index in [-0.39, 0.29) is 11.9 Å². The van der Waals surface area contributed by atoms with Crippen molar-refractivity contribution in [2.75, 3.05) is 32.6 Å². The molecule has 0 saturated carbocycles. The molecular weight excluding hydrogens is 380 g/mol. The highest BCUT2D eigenvalue weighted by atomic mass is 32.1. The third-order valence-electron chi connectivity index (χ3n) is 4.51. The molecular formula is C19H24N4O4S. The van der Waals surface area contributed by atoms with Crippen molar-refractivity contribution >= 4 is 28.3 Å². The molecule has 3 rings (SSSR count). The Morgan fingerprint density at radius 3 is 2.64 bits per heavy atom. The lowest BCUT2D eigenvalue weighted by Crippen LogP contribution is -2.45. The number of rotatable bonds is 6. The predicted octanol–water partition coefficient (Wildman–Crippen LogP) is 2.40. The van der Waals surface area contributed by atoms with E-state index in [0.717, 1.165) is 36.4 Å². The van der Waals surface area contributed by atoms with Crippen LogP contribution in [0.1, 0.15) is 23.2 Å². The third-order valence-corrected chi connectivity index (χ3v) is 5.61. The Bertz CT molecular complexity index is 862. The lowest BCUT2D eigenvalue weighted by atomic mass is 10.1. The maximum atomic E-state index is 12.8. The van der Waals surface area contributed by atoms with Crippen molar-refractivity contribution in [3.63, 3.8) is 0 Å². The van der Waals surface area contributed by atoms with Gasteiger partial charge in [0.05, 0.1) is 19.8 Å². The van der Waals surface area contributed by atoms with Gasteiger partial charge in [0.25, 0.3) is 5.91 Å². The molecule has 1 aliphatic rings. The summed E-state index contributed by atoms with van der Waals surface area (Å²) >= 11 is 1.28. The number of carbonyl (C=O) groups is 2. The van der Waals surface area contributed by atoms with Crippen molar-refractivity contribution in [1.82, 2.24) is 10.6 Å². The summed E-state index contributed by atoms with van der Waals surface area (Å²) in [5.74, 6) is 0.957. The molecule has 0 unspecified atom stereocenters. The molecule has 5 N–H and O–H groups in total. The van der Waals surface area contributed by atoms with Gasteiger partial charge in [0.15, 0.2) is 11.5 Å². The van der Waals surface area contributed by atoms with Crippen LogP contribution in [0.3, 0.4) is 0 Å². The smallest absolute Gasteiger partial charge is 0.317 e. The fourth-order valence-corrected chi connectivity index (χ4v) is 4.19. The van der Waals surface area contributed by atoms with Crippen LogP contribution in [0.25, 0.3) is 10.4 Å². The maximum absolute atomic E-state index is 12.8. The van der Waals surface area contributed by atoms with E-state index in [1.54, 1.807) is 26.4 Å². The predicted molar refractivity (Wildman–Crippen MR) is 109 cm³/mol. The fourth-order valence-electron chi connectivity index (χ4n) is 3.13. The van der Waals surface area contributed by atoms with Crippen molar-refractivity contribution in [3.05, 3.63) is 29.8 Å². The number of nitrogens with one attached hydrogen (secondary N) is 3. The Morgan fingerprint density at radius 2 is 2.00 bits per heavy atom. The van der Waals surface area contributed by atoms with E-state index < -0.39 is 6.03 Å². The van der Waals surface area contributed by atoms with Gasteiger partial charge in [0, 0.05) is 17.5 Å². The molecule has 2 heterocycles. The molecule has 1 atom stereocenters. The van der Waals surface area contributed by atoms with Gasteiger partial charge in [-0.25, -0.2) is 4.79 Å². The number of amides is 3. The van der Waals surface area contributed by atoms with Crippen LogP contribution in [0.4, 0.5) is 9.80 Å². The Balaban J connectivity index is 1.91. The van der Waals surface area contributed by atoms with Crippen LogP contribution in [-0.2, 0) is 0 Å². The van der Waals surface area contributed by atoms with E-state index in [9.17, 15) is 9.59 Å². The summed E-state index contributed by atoms with van der Waals surface area (Å²) in [6, 6.07) is 6.59. The molecule has 0 spiro atoms. The number of hydrogen-bond donors (Lipinski definition) is 4. The molecule has 0 radical (unpaired) electrons. The van der Waals surface area contributed by atoms with Crippen LogP contribution < -0.4 is 31.2 Å². The fraction of sp³-hybridized carbons (Fsp3) is 0.368. The van der Waals surface area contributed by atoms with Crippen LogP contribution in [0, 0.1) is 0 Å². The molecule has 0 bridgehead atoms. The number of ether oxygens (including phenoxy) is 2. The van der Waals surface area contributed by atoms with Gasteiger partial charge in [-0.3, -0.25) is 10.1 Å². The Hall–Kier alpha value is -2.78. The lowest BCUT2D eigenvalue weighted by molar-refractivity contribution is 0.0932. The van der Waals surface area contributed by atoms with Gasteiger partial charge in [-0.2, -0.15) is 0 Å². The van der Waals surface area contributed by atoms with Gasteiger partial charge in [0.2, 0.25) is 0 Å². The second kappa shape index (κ2) is 8.94. The molecule has 150 valence electrons. The number of hydrogen-bond acceptors (Lipinski definition) is 6. The van der Waals surface area contributed by atoms with Gasteiger partial charge >= 0.3 is 6.03 Å². The van der Waals surface area contributed by atoms with Crippen LogP contribution in [0.5, 0.6) is 11.5 Å². The first-order valence-electron chi connectivity index (χ1n) is 8.96. The number of anilines is 1. The topological polar surface area (TPSA) is 115 Å². The number of methoxy groups -OCH3 is 2. The SMILES string of the molecule is COc1ccc(-c2cc(C(=O)N[C@H]3CCCNC3)c(NC(N)=O)s2)cc1OC. The normalized spacial score (nSPS) is 16.3. The first-order valence-corrected chi connectivity index (χ1v) is 9.77.